The molecule has 76 valence electrons. The van der Waals surface area contributed by atoms with Crippen LogP contribution in [0.25, 0.3) is 0 Å². The van der Waals surface area contributed by atoms with E-state index in [1.54, 1.807) is 6.07 Å². The maximum Gasteiger partial charge on any atom is 0.217 e. The minimum absolute atomic E-state index is 0.326. The monoisotopic (exact) mass is 197 g/mol. The third-order valence-electron chi connectivity index (χ3n) is 1.66. The van der Waals surface area contributed by atoms with Gasteiger partial charge >= 0.3 is 0 Å². The molecule has 0 aliphatic heterocycles. The van der Waals surface area contributed by atoms with Crippen molar-refractivity contribution in [1.82, 2.24) is 4.98 Å². The number of amides is 1. The van der Waals surface area contributed by atoms with Gasteiger partial charge < -0.3 is 11.1 Å². The lowest BCUT2D eigenvalue weighted by Gasteiger charge is -2.04. The van der Waals surface area contributed by atoms with Crippen LogP contribution in [0.5, 0.6) is 0 Å². The lowest BCUT2D eigenvalue weighted by Crippen LogP contribution is -2.12. The van der Waals surface area contributed by atoms with Gasteiger partial charge in [0.1, 0.15) is 0 Å². The fraction of sp³-hybridized carbons (Fsp3) is 0.333. The van der Waals surface area contributed by atoms with Crippen molar-refractivity contribution in [2.75, 3.05) is 11.9 Å². The molecule has 4 nitrogen and oxygen atoms in total. The summed E-state index contributed by atoms with van der Waals surface area (Å²) in [6, 6.07) is 2.96. The zero-order valence-electron chi connectivity index (χ0n) is 7.66. The van der Waals surface area contributed by atoms with Gasteiger partial charge in [-0.05, 0) is 12.5 Å². The highest BCUT2D eigenvalue weighted by atomic mass is 19.1. The molecule has 0 aliphatic rings. The largest absolute Gasteiger partial charge is 0.385 e. The smallest absolute Gasteiger partial charge is 0.217 e. The molecular weight excluding hydrogens is 185 g/mol. The number of carbonyl (C=O) groups excluding carboxylic acids is 1. The highest BCUT2D eigenvalue weighted by Gasteiger charge is 1.96. The van der Waals surface area contributed by atoms with E-state index in [1.807, 2.05) is 0 Å². The second-order valence-electron chi connectivity index (χ2n) is 2.86. The first-order valence-electron chi connectivity index (χ1n) is 4.32. The van der Waals surface area contributed by atoms with Crippen LogP contribution in [0.1, 0.15) is 12.8 Å². The lowest BCUT2D eigenvalue weighted by molar-refractivity contribution is -0.118. The summed E-state index contributed by atoms with van der Waals surface area (Å²) in [4.78, 5) is 13.8. The number of nitrogens with two attached hydrogens (primary N) is 1. The van der Waals surface area contributed by atoms with Crippen molar-refractivity contribution >= 4 is 11.6 Å². The molecule has 1 aromatic heterocycles. The average molecular weight is 197 g/mol. The van der Waals surface area contributed by atoms with Gasteiger partial charge in [-0.25, -0.2) is 4.98 Å². The lowest BCUT2D eigenvalue weighted by atomic mass is 10.3. The van der Waals surface area contributed by atoms with E-state index in [-0.39, 0.29) is 5.91 Å². The molecule has 1 amide bonds. The molecule has 14 heavy (non-hydrogen) atoms. The van der Waals surface area contributed by atoms with Crippen LogP contribution in [-0.2, 0) is 4.79 Å². The molecule has 0 unspecified atom stereocenters. The fourth-order valence-electron chi connectivity index (χ4n) is 1.01. The summed E-state index contributed by atoms with van der Waals surface area (Å²) in [6.45, 7) is 0.590. The summed E-state index contributed by atoms with van der Waals surface area (Å²) in [5, 5.41) is 2.95. The van der Waals surface area contributed by atoms with Gasteiger partial charge in [0.25, 0.3) is 0 Å². The summed E-state index contributed by atoms with van der Waals surface area (Å²) >= 11 is 0. The number of aromatic nitrogens is 1. The van der Waals surface area contributed by atoms with E-state index in [1.165, 1.54) is 12.3 Å². The quantitative estimate of drug-likeness (QED) is 0.544. The number of nitrogens with zero attached hydrogens (tertiary/aromatic N) is 1. The number of carbonyl (C=O) groups is 1. The predicted molar refractivity (Wildman–Crippen MR) is 51.1 cm³/mol. The summed E-state index contributed by atoms with van der Waals surface area (Å²) in [5.74, 6) is -0.849. The molecule has 0 spiro atoms. The summed E-state index contributed by atoms with van der Waals surface area (Å²) in [5.41, 5.74) is 5.61. The Morgan fingerprint density at radius 2 is 2.43 bits per heavy atom. The zero-order chi connectivity index (χ0) is 10.4. The number of halogens is 1. The number of hydrogen-bond donors (Lipinski definition) is 2. The molecule has 1 heterocycles. The molecule has 1 aromatic rings. The normalized spacial score (nSPS) is 9.79. The Morgan fingerprint density at radius 1 is 1.64 bits per heavy atom. The molecule has 0 radical (unpaired) electrons. The van der Waals surface area contributed by atoms with Crippen molar-refractivity contribution in [1.29, 1.82) is 0 Å². The van der Waals surface area contributed by atoms with Crippen molar-refractivity contribution in [2.24, 2.45) is 5.73 Å². The Kier molecular flexibility index (Phi) is 3.84. The van der Waals surface area contributed by atoms with Crippen LogP contribution in [0, 0.1) is 5.95 Å². The van der Waals surface area contributed by atoms with Crippen molar-refractivity contribution in [3.63, 3.8) is 0 Å². The second-order valence-corrected chi connectivity index (χ2v) is 2.86. The van der Waals surface area contributed by atoms with Gasteiger partial charge in [0, 0.05) is 30.9 Å². The molecule has 5 heteroatoms. The van der Waals surface area contributed by atoms with Crippen LogP contribution in [0.2, 0.25) is 0 Å². The molecule has 0 aromatic carbocycles. The zero-order valence-corrected chi connectivity index (χ0v) is 7.66. The molecule has 0 saturated carbocycles. The van der Waals surface area contributed by atoms with E-state index < -0.39 is 5.95 Å². The number of pyridine rings is 1. The molecule has 0 fully saturated rings. The Morgan fingerprint density at radius 3 is 3.07 bits per heavy atom. The first kappa shape index (κ1) is 10.4. The standard InChI is InChI=1S/C9H12FN3O/c10-8-6-7(3-5-13-8)12-4-1-2-9(11)14/h3,5-6H,1-2,4H2,(H2,11,14)(H,12,13). The van der Waals surface area contributed by atoms with Gasteiger partial charge in [0.05, 0.1) is 0 Å². The third-order valence-corrected chi connectivity index (χ3v) is 1.66. The maximum absolute atomic E-state index is 12.6. The van der Waals surface area contributed by atoms with Gasteiger partial charge in [-0.2, -0.15) is 4.39 Å². The first-order chi connectivity index (χ1) is 6.68. The van der Waals surface area contributed by atoms with E-state index in [2.05, 4.69) is 10.3 Å². The van der Waals surface area contributed by atoms with Crippen LogP contribution in [0.4, 0.5) is 10.1 Å². The molecule has 0 bridgehead atoms. The van der Waals surface area contributed by atoms with E-state index in [4.69, 9.17) is 5.73 Å². The van der Waals surface area contributed by atoms with Gasteiger partial charge in [0.2, 0.25) is 11.9 Å². The Bertz CT molecular complexity index is 317. The summed E-state index contributed by atoms with van der Waals surface area (Å²) in [6.07, 6.45) is 2.35. The number of rotatable bonds is 5. The minimum Gasteiger partial charge on any atom is -0.385 e. The summed E-state index contributed by atoms with van der Waals surface area (Å²) in [7, 11) is 0. The molecule has 0 atom stereocenters. The highest BCUT2D eigenvalue weighted by molar-refractivity contribution is 5.73. The predicted octanol–water partition coefficient (Wildman–Crippen LogP) is 0.898. The van der Waals surface area contributed by atoms with Crippen molar-refractivity contribution in [3.05, 3.63) is 24.3 Å². The Balaban J connectivity index is 2.28. The molecule has 0 saturated heterocycles. The molecular formula is C9H12FN3O. The minimum atomic E-state index is -0.523. The highest BCUT2D eigenvalue weighted by Crippen LogP contribution is 2.06. The molecule has 1 rings (SSSR count). The van der Waals surface area contributed by atoms with Crippen LogP contribution >= 0.6 is 0 Å². The Hall–Kier alpha value is -1.65. The van der Waals surface area contributed by atoms with E-state index in [9.17, 15) is 9.18 Å². The van der Waals surface area contributed by atoms with Crippen LogP contribution in [-0.4, -0.2) is 17.4 Å². The molecule has 3 N–H and O–H groups in total. The van der Waals surface area contributed by atoms with Crippen LogP contribution < -0.4 is 11.1 Å². The first-order valence-corrected chi connectivity index (χ1v) is 4.32. The SMILES string of the molecule is NC(=O)CCCNc1ccnc(F)c1. The van der Waals surface area contributed by atoms with Gasteiger partial charge in [-0.15, -0.1) is 0 Å². The van der Waals surface area contributed by atoms with Gasteiger partial charge in [0.15, 0.2) is 0 Å². The number of hydrogen-bond acceptors (Lipinski definition) is 3. The second kappa shape index (κ2) is 5.16. The van der Waals surface area contributed by atoms with E-state index in [0.29, 0.717) is 25.1 Å². The third kappa shape index (κ3) is 3.84. The van der Waals surface area contributed by atoms with Crippen molar-refractivity contribution in [2.45, 2.75) is 12.8 Å². The van der Waals surface area contributed by atoms with E-state index in [0.717, 1.165) is 0 Å². The number of nitrogens with one attached hydrogen (secondary N) is 1. The molecule has 0 aliphatic carbocycles. The van der Waals surface area contributed by atoms with Crippen molar-refractivity contribution in [3.8, 4) is 0 Å². The van der Waals surface area contributed by atoms with Gasteiger partial charge in [-0.1, -0.05) is 0 Å². The Labute approximate surface area is 81.3 Å². The van der Waals surface area contributed by atoms with Crippen molar-refractivity contribution < 1.29 is 9.18 Å². The van der Waals surface area contributed by atoms with Crippen LogP contribution in [0.3, 0.4) is 0 Å². The van der Waals surface area contributed by atoms with Crippen LogP contribution in [0.15, 0.2) is 18.3 Å². The topological polar surface area (TPSA) is 68.0 Å². The average Bonchev–Trinajstić information content (AvgIpc) is 2.12. The van der Waals surface area contributed by atoms with Gasteiger partial charge in [-0.3, -0.25) is 4.79 Å². The van der Waals surface area contributed by atoms with E-state index >= 15 is 0 Å². The fourth-order valence-corrected chi connectivity index (χ4v) is 1.01. The number of primary amides is 1. The summed E-state index contributed by atoms with van der Waals surface area (Å²) < 4.78 is 12.6. The maximum atomic E-state index is 12.6. The number of anilines is 1.